The van der Waals surface area contributed by atoms with Crippen molar-refractivity contribution < 1.29 is 47.8 Å². The van der Waals surface area contributed by atoms with Crippen molar-refractivity contribution in [1.82, 2.24) is 0 Å². The standard InChI is InChI=1S/C47H82NO10P/c1-3-5-7-8-9-10-11-12-13-14-15-16-17-18-19-24-32-38-47(52)58-45(42-57-59(53,54)56-40-39-48)41-55-46(51)37-31-23-21-20-22-28-34-44(50)36-30-26-25-29-35-43(49)33-27-6-4-2/h6,21-23,25-30,35-36,43-45,49-50H,3-5,7-20,24,31-34,37-42,48H2,1-2H3,(H,53,54)/b23-21-,26-25-,27-6-,28-22-,35-29+,36-30+/t43-,44+,45-/m1/s1. The van der Waals surface area contributed by atoms with Gasteiger partial charge in [0.1, 0.15) is 6.61 Å². The minimum atomic E-state index is -4.42. The number of phosphoric acid groups is 1. The zero-order valence-electron chi connectivity index (χ0n) is 36.7. The highest BCUT2D eigenvalue weighted by atomic mass is 31.2. The molecule has 0 amide bonds. The second kappa shape index (κ2) is 42.1. The van der Waals surface area contributed by atoms with Crippen LogP contribution in [0.1, 0.15) is 168 Å². The molecule has 0 bridgehead atoms. The fraction of sp³-hybridized carbons (Fsp3) is 0.702. The molecule has 0 aliphatic heterocycles. The molecule has 0 saturated heterocycles. The maximum absolute atomic E-state index is 12.6. The first-order valence-electron chi connectivity index (χ1n) is 22.6. The van der Waals surface area contributed by atoms with Gasteiger partial charge in [0.05, 0.1) is 25.4 Å². The lowest BCUT2D eigenvalue weighted by atomic mass is 10.0. The van der Waals surface area contributed by atoms with Gasteiger partial charge in [-0.25, -0.2) is 4.57 Å². The molecule has 12 heteroatoms. The quantitative estimate of drug-likeness (QED) is 0.0151. The summed E-state index contributed by atoms with van der Waals surface area (Å²) in [5.41, 5.74) is 5.34. The van der Waals surface area contributed by atoms with Gasteiger partial charge in [-0.15, -0.1) is 0 Å². The van der Waals surface area contributed by atoms with E-state index in [0.717, 1.165) is 25.7 Å². The second-order valence-electron chi connectivity index (χ2n) is 14.9. The number of aliphatic hydroxyl groups is 2. The Bertz CT molecular complexity index is 1230. The number of nitrogens with two attached hydrogens (primary N) is 1. The molecule has 0 rings (SSSR count). The smallest absolute Gasteiger partial charge is 0.462 e. The van der Waals surface area contributed by atoms with E-state index in [2.05, 4.69) is 6.92 Å². The highest BCUT2D eigenvalue weighted by Crippen LogP contribution is 2.43. The maximum atomic E-state index is 12.6. The monoisotopic (exact) mass is 852 g/mol. The fourth-order valence-electron chi connectivity index (χ4n) is 5.89. The largest absolute Gasteiger partial charge is 0.472 e. The summed E-state index contributed by atoms with van der Waals surface area (Å²) in [6.45, 7) is 3.34. The van der Waals surface area contributed by atoms with Crippen LogP contribution in [0.5, 0.6) is 0 Å². The highest BCUT2D eigenvalue weighted by molar-refractivity contribution is 7.47. The van der Waals surface area contributed by atoms with Crippen molar-refractivity contribution in [3.8, 4) is 0 Å². The maximum Gasteiger partial charge on any atom is 0.472 e. The van der Waals surface area contributed by atoms with Gasteiger partial charge in [0.25, 0.3) is 0 Å². The lowest BCUT2D eigenvalue weighted by Crippen LogP contribution is -2.29. The summed E-state index contributed by atoms with van der Waals surface area (Å²) in [6, 6.07) is 0. The van der Waals surface area contributed by atoms with E-state index in [9.17, 15) is 29.3 Å². The number of aliphatic hydroxyl groups excluding tert-OH is 2. The Morgan fingerprint density at radius 3 is 1.64 bits per heavy atom. The summed E-state index contributed by atoms with van der Waals surface area (Å²) >= 11 is 0. The third-order valence-corrected chi connectivity index (χ3v) is 10.3. The van der Waals surface area contributed by atoms with Crippen molar-refractivity contribution in [3.63, 3.8) is 0 Å². The van der Waals surface area contributed by atoms with Crippen molar-refractivity contribution in [2.45, 2.75) is 186 Å². The van der Waals surface area contributed by atoms with Gasteiger partial charge < -0.3 is 30.3 Å². The van der Waals surface area contributed by atoms with Crippen LogP contribution < -0.4 is 5.73 Å². The predicted octanol–water partition coefficient (Wildman–Crippen LogP) is 11.0. The lowest BCUT2D eigenvalue weighted by molar-refractivity contribution is -0.161. The van der Waals surface area contributed by atoms with Crippen molar-refractivity contribution in [3.05, 3.63) is 72.9 Å². The van der Waals surface area contributed by atoms with E-state index in [1.54, 1.807) is 36.5 Å². The zero-order valence-corrected chi connectivity index (χ0v) is 37.6. The van der Waals surface area contributed by atoms with Crippen molar-refractivity contribution in [2.75, 3.05) is 26.4 Å². The predicted molar refractivity (Wildman–Crippen MR) is 241 cm³/mol. The molecule has 5 N–H and O–H groups in total. The number of phosphoric ester groups is 1. The lowest BCUT2D eigenvalue weighted by Gasteiger charge is -2.19. The van der Waals surface area contributed by atoms with Gasteiger partial charge >= 0.3 is 19.8 Å². The Labute approximate surface area is 357 Å². The van der Waals surface area contributed by atoms with E-state index in [4.69, 9.17) is 24.3 Å². The summed E-state index contributed by atoms with van der Waals surface area (Å²) in [5, 5.41) is 19.9. The van der Waals surface area contributed by atoms with Gasteiger partial charge in [0.2, 0.25) is 0 Å². The third-order valence-electron chi connectivity index (χ3n) is 9.29. The van der Waals surface area contributed by atoms with E-state index >= 15 is 0 Å². The molecule has 0 saturated carbocycles. The van der Waals surface area contributed by atoms with Gasteiger partial charge in [0, 0.05) is 19.4 Å². The number of rotatable bonds is 41. The van der Waals surface area contributed by atoms with Gasteiger partial charge in [0.15, 0.2) is 6.10 Å². The summed E-state index contributed by atoms with van der Waals surface area (Å²) in [7, 11) is -4.42. The van der Waals surface area contributed by atoms with E-state index < -0.39 is 44.7 Å². The number of esters is 2. The Morgan fingerprint density at radius 2 is 1.12 bits per heavy atom. The molecule has 0 fully saturated rings. The van der Waals surface area contributed by atoms with Gasteiger partial charge in [-0.1, -0.05) is 189 Å². The topological polar surface area (TPSA) is 175 Å². The SMILES string of the molecule is CC/C=C\C[C@@H](O)/C=C/C=C\C=C\[C@@H](O)C/C=C\C/C=C\CCC(=O)OC[C@H](COP(=O)(O)OCCN)OC(=O)CCCCCCCCCCCCCCCCCCC. The molecule has 0 aromatic heterocycles. The molecule has 0 radical (unpaired) electrons. The van der Waals surface area contributed by atoms with Crippen LogP contribution >= 0.6 is 7.82 Å². The number of carbonyl (C=O) groups excluding carboxylic acids is 2. The Kier molecular flexibility index (Phi) is 40.2. The Balaban J connectivity index is 4.36. The number of unbranched alkanes of at least 4 members (excludes halogenated alkanes) is 16. The number of hydrogen-bond acceptors (Lipinski definition) is 10. The van der Waals surface area contributed by atoms with Crippen LogP contribution in [-0.2, 0) is 32.7 Å². The first-order chi connectivity index (χ1) is 28.6. The average Bonchev–Trinajstić information content (AvgIpc) is 3.21. The fourth-order valence-corrected chi connectivity index (χ4v) is 6.66. The van der Waals surface area contributed by atoms with Crippen molar-refractivity contribution in [2.24, 2.45) is 5.73 Å². The summed E-state index contributed by atoms with van der Waals surface area (Å²) < 4.78 is 32.7. The average molecular weight is 852 g/mol. The van der Waals surface area contributed by atoms with Crippen LogP contribution in [0.15, 0.2) is 72.9 Å². The molecule has 340 valence electrons. The molecule has 0 aromatic rings. The van der Waals surface area contributed by atoms with Gasteiger partial charge in [-0.05, 0) is 38.5 Å². The number of carbonyl (C=O) groups is 2. The molecular formula is C47H82NO10P. The first kappa shape index (κ1) is 56.4. The molecule has 0 heterocycles. The van der Waals surface area contributed by atoms with Crippen LogP contribution in [0.25, 0.3) is 0 Å². The van der Waals surface area contributed by atoms with Crippen LogP contribution in [0.4, 0.5) is 0 Å². The summed E-state index contributed by atoms with van der Waals surface area (Å²) in [5.74, 6) is -0.996. The summed E-state index contributed by atoms with van der Waals surface area (Å²) in [4.78, 5) is 34.9. The molecular weight excluding hydrogens is 769 g/mol. The van der Waals surface area contributed by atoms with Crippen LogP contribution in [0.2, 0.25) is 0 Å². The molecule has 11 nitrogen and oxygen atoms in total. The molecule has 1 unspecified atom stereocenters. The molecule has 0 aromatic carbocycles. The Morgan fingerprint density at radius 1 is 0.610 bits per heavy atom. The molecule has 59 heavy (non-hydrogen) atoms. The minimum Gasteiger partial charge on any atom is -0.462 e. The third kappa shape index (κ3) is 41.9. The van der Waals surface area contributed by atoms with E-state index in [0.29, 0.717) is 32.1 Å². The zero-order chi connectivity index (χ0) is 43.5. The Hall–Kier alpha value is -2.63. The van der Waals surface area contributed by atoms with Gasteiger partial charge in [-0.2, -0.15) is 0 Å². The second-order valence-corrected chi connectivity index (χ2v) is 16.4. The normalized spacial score (nSPS) is 15.0. The van der Waals surface area contributed by atoms with Crippen LogP contribution in [0.3, 0.4) is 0 Å². The molecule has 0 aliphatic carbocycles. The molecule has 0 spiro atoms. The van der Waals surface area contributed by atoms with Crippen molar-refractivity contribution >= 4 is 19.8 Å². The van der Waals surface area contributed by atoms with E-state index in [1.165, 1.54) is 83.5 Å². The van der Waals surface area contributed by atoms with Crippen molar-refractivity contribution in [1.29, 1.82) is 0 Å². The van der Waals surface area contributed by atoms with Crippen LogP contribution in [0, 0.1) is 0 Å². The summed E-state index contributed by atoms with van der Waals surface area (Å²) in [6.07, 6.45) is 44.4. The van der Waals surface area contributed by atoms with Crippen LogP contribution in [-0.4, -0.2) is 71.7 Å². The molecule has 4 atom stereocenters. The number of ether oxygens (including phenoxy) is 2. The number of hydrogen-bond donors (Lipinski definition) is 4. The number of allylic oxidation sites excluding steroid dienone is 8. The van der Waals surface area contributed by atoms with E-state index in [-0.39, 0.29) is 32.6 Å². The minimum absolute atomic E-state index is 0.0251. The van der Waals surface area contributed by atoms with E-state index in [1.807, 2.05) is 43.4 Å². The molecule has 0 aliphatic rings. The first-order valence-corrected chi connectivity index (χ1v) is 24.1. The van der Waals surface area contributed by atoms with Gasteiger partial charge in [-0.3, -0.25) is 18.6 Å². The highest BCUT2D eigenvalue weighted by Gasteiger charge is 2.26.